The Balaban J connectivity index is 2.24. The zero-order valence-corrected chi connectivity index (χ0v) is 12.7. The van der Waals surface area contributed by atoms with Crippen LogP contribution < -0.4 is 5.32 Å². The first-order valence-electron chi connectivity index (χ1n) is 6.95. The van der Waals surface area contributed by atoms with E-state index in [9.17, 15) is 9.18 Å². The summed E-state index contributed by atoms with van der Waals surface area (Å²) in [5, 5.41) is 4.04. The molecule has 0 fully saturated rings. The van der Waals surface area contributed by atoms with Gasteiger partial charge in [0.05, 0.1) is 22.5 Å². The fourth-order valence-electron chi connectivity index (χ4n) is 2.37. The normalized spacial score (nSPS) is 18.8. The van der Waals surface area contributed by atoms with Crippen LogP contribution in [0.15, 0.2) is 29.3 Å². The van der Waals surface area contributed by atoms with Gasteiger partial charge in [0.1, 0.15) is 0 Å². The number of hydrogen-bond acceptors (Lipinski definition) is 3. The number of aryl methyl sites for hydroxylation is 1. The molecule has 0 amide bonds. The standard InChI is InChI=1S/C16H20FNOS/c1-11-15(19)14(16(18-2)20-11)13-8-5-7-12(10-13)6-3-4-9-17/h5,7-8,10-11,18H,3-4,6,9H2,1-2H3. The van der Waals surface area contributed by atoms with Crippen molar-refractivity contribution in [2.24, 2.45) is 0 Å². The number of benzene rings is 1. The molecule has 0 saturated heterocycles. The number of unbranched alkanes of at least 4 members (excludes halogenated alkanes) is 1. The van der Waals surface area contributed by atoms with Gasteiger partial charge in [-0.15, -0.1) is 0 Å². The Kier molecular flexibility index (Phi) is 5.24. The highest BCUT2D eigenvalue weighted by molar-refractivity contribution is 8.05. The van der Waals surface area contributed by atoms with Crippen molar-refractivity contribution < 1.29 is 9.18 Å². The van der Waals surface area contributed by atoms with E-state index in [1.54, 1.807) is 11.8 Å². The Hall–Kier alpha value is -1.29. The first-order chi connectivity index (χ1) is 9.67. The van der Waals surface area contributed by atoms with Gasteiger partial charge in [0.2, 0.25) is 0 Å². The van der Waals surface area contributed by atoms with Gasteiger partial charge in [-0.05, 0) is 37.3 Å². The Morgan fingerprint density at radius 2 is 2.15 bits per heavy atom. The van der Waals surface area contributed by atoms with E-state index in [1.807, 2.05) is 32.2 Å². The van der Waals surface area contributed by atoms with Crippen LogP contribution in [0.5, 0.6) is 0 Å². The summed E-state index contributed by atoms with van der Waals surface area (Å²) in [5.41, 5.74) is 2.92. The number of Topliss-reactive ketones (excluding diaryl/α,β-unsaturated/α-hetero) is 1. The van der Waals surface area contributed by atoms with Gasteiger partial charge in [-0.3, -0.25) is 9.18 Å². The molecule has 0 spiro atoms. The number of hydrogen-bond donors (Lipinski definition) is 1. The molecule has 1 unspecified atom stereocenters. The summed E-state index contributed by atoms with van der Waals surface area (Å²) in [6, 6.07) is 8.04. The number of ketones is 1. The van der Waals surface area contributed by atoms with Crippen molar-refractivity contribution in [2.75, 3.05) is 13.7 Å². The molecule has 4 heteroatoms. The molecule has 108 valence electrons. The second-order valence-electron chi connectivity index (χ2n) is 4.92. The third-order valence-corrected chi connectivity index (χ3v) is 4.64. The van der Waals surface area contributed by atoms with Crippen LogP contribution in [0.25, 0.3) is 5.57 Å². The number of alkyl halides is 1. The van der Waals surface area contributed by atoms with Crippen molar-refractivity contribution in [3.8, 4) is 0 Å². The van der Waals surface area contributed by atoms with E-state index in [4.69, 9.17) is 0 Å². The van der Waals surface area contributed by atoms with Gasteiger partial charge in [-0.25, -0.2) is 0 Å². The number of carbonyl (C=O) groups excluding carboxylic acids is 1. The molecule has 1 aromatic rings. The summed E-state index contributed by atoms with van der Waals surface area (Å²) < 4.78 is 12.1. The van der Waals surface area contributed by atoms with Crippen LogP contribution in [0.4, 0.5) is 4.39 Å². The molecule has 2 nitrogen and oxygen atoms in total. The molecule has 1 aromatic carbocycles. The number of allylic oxidation sites excluding steroid dienone is 1. The highest BCUT2D eigenvalue weighted by Crippen LogP contribution is 2.38. The van der Waals surface area contributed by atoms with Crippen LogP contribution in [-0.2, 0) is 11.2 Å². The monoisotopic (exact) mass is 293 g/mol. The fraction of sp³-hybridized carbons (Fsp3) is 0.438. The van der Waals surface area contributed by atoms with Crippen LogP contribution in [0, 0.1) is 0 Å². The lowest BCUT2D eigenvalue weighted by atomic mass is 9.97. The topological polar surface area (TPSA) is 29.1 Å². The lowest BCUT2D eigenvalue weighted by Crippen LogP contribution is -2.09. The van der Waals surface area contributed by atoms with Crippen molar-refractivity contribution in [1.29, 1.82) is 0 Å². The molecule has 0 saturated carbocycles. The average molecular weight is 293 g/mol. The predicted molar refractivity (Wildman–Crippen MR) is 83.4 cm³/mol. The zero-order valence-electron chi connectivity index (χ0n) is 11.9. The molecule has 20 heavy (non-hydrogen) atoms. The summed E-state index contributed by atoms with van der Waals surface area (Å²) in [6.07, 6.45) is 2.30. The fourth-order valence-corrected chi connectivity index (χ4v) is 3.40. The minimum absolute atomic E-state index is 0.0253. The number of halogens is 1. The Bertz CT molecular complexity index is 527. The molecule has 0 aliphatic carbocycles. The van der Waals surface area contributed by atoms with Crippen molar-refractivity contribution in [2.45, 2.75) is 31.4 Å². The van der Waals surface area contributed by atoms with Gasteiger partial charge < -0.3 is 5.32 Å². The second-order valence-corrected chi connectivity index (χ2v) is 6.28. The van der Waals surface area contributed by atoms with Gasteiger partial charge in [-0.1, -0.05) is 36.0 Å². The van der Waals surface area contributed by atoms with Crippen molar-refractivity contribution in [3.05, 3.63) is 40.4 Å². The van der Waals surface area contributed by atoms with Gasteiger partial charge in [0, 0.05) is 7.05 Å². The highest BCUT2D eigenvalue weighted by atomic mass is 32.2. The van der Waals surface area contributed by atoms with Crippen molar-refractivity contribution >= 4 is 23.1 Å². The first-order valence-corrected chi connectivity index (χ1v) is 7.83. The molecular formula is C16H20FNOS. The summed E-state index contributed by atoms with van der Waals surface area (Å²) in [4.78, 5) is 12.3. The maximum Gasteiger partial charge on any atom is 0.179 e. The average Bonchev–Trinajstić information content (AvgIpc) is 2.75. The lowest BCUT2D eigenvalue weighted by molar-refractivity contribution is -0.112. The largest absolute Gasteiger partial charge is 0.382 e. The SMILES string of the molecule is CNC1=C(c2cccc(CCCCF)c2)C(=O)C(C)S1. The lowest BCUT2D eigenvalue weighted by Gasteiger charge is -2.07. The maximum absolute atomic E-state index is 12.3. The number of nitrogens with one attached hydrogen (secondary N) is 1. The third kappa shape index (κ3) is 3.23. The Morgan fingerprint density at radius 1 is 1.35 bits per heavy atom. The van der Waals surface area contributed by atoms with Gasteiger partial charge in [0.15, 0.2) is 5.78 Å². The van der Waals surface area contributed by atoms with Crippen LogP contribution in [0.3, 0.4) is 0 Å². The summed E-state index contributed by atoms with van der Waals surface area (Å²) in [5.74, 6) is 0.181. The number of thioether (sulfide) groups is 1. The summed E-state index contributed by atoms with van der Waals surface area (Å²) in [7, 11) is 1.85. The minimum atomic E-state index is -0.263. The van der Waals surface area contributed by atoms with E-state index < -0.39 is 0 Å². The van der Waals surface area contributed by atoms with E-state index in [0.717, 1.165) is 34.6 Å². The quantitative estimate of drug-likeness (QED) is 0.813. The minimum Gasteiger partial charge on any atom is -0.382 e. The number of rotatable bonds is 6. The summed E-state index contributed by atoms with van der Waals surface area (Å²) in [6.45, 7) is 1.67. The van der Waals surface area contributed by atoms with Crippen molar-refractivity contribution in [1.82, 2.24) is 5.32 Å². The predicted octanol–water partition coefficient (Wildman–Crippen LogP) is 3.57. The molecule has 1 aliphatic heterocycles. The summed E-state index contributed by atoms with van der Waals surface area (Å²) >= 11 is 1.57. The van der Waals surface area contributed by atoms with E-state index >= 15 is 0 Å². The van der Waals surface area contributed by atoms with Gasteiger partial charge >= 0.3 is 0 Å². The highest BCUT2D eigenvalue weighted by Gasteiger charge is 2.31. The molecule has 1 aliphatic rings. The maximum atomic E-state index is 12.3. The third-order valence-electron chi connectivity index (χ3n) is 3.43. The van der Waals surface area contributed by atoms with E-state index in [0.29, 0.717) is 6.42 Å². The molecule has 1 atom stereocenters. The first kappa shape index (κ1) is 15.1. The van der Waals surface area contributed by atoms with Crippen LogP contribution in [-0.4, -0.2) is 24.8 Å². The molecule has 0 radical (unpaired) electrons. The molecule has 1 heterocycles. The Labute approximate surface area is 123 Å². The smallest absolute Gasteiger partial charge is 0.179 e. The molecule has 2 rings (SSSR count). The van der Waals surface area contributed by atoms with Crippen LogP contribution in [0.2, 0.25) is 0 Å². The van der Waals surface area contributed by atoms with Crippen LogP contribution in [0.1, 0.15) is 30.9 Å². The Morgan fingerprint density at radius 3 is 2.85 bits per heavy atom. The van der Waals surface area contributed by atoms with Gasteiger partial charge in [0.25, 0.3) is 0 Å². The van der Waals surface area contributed by atoms with E-state index in [1.165, 1.54) is 0 Å². The zero-order chi connectivity index (χ0) is 14.5. The molecule has 0 bridgehead atoms. The van der Waals surface area contributed by atoms with Gasteiger partial charge in [-0.2, -0.15) is 0 Å². The second kappa shape index (κ2) is 6.93. The van der Waals surface area contributed by atoms with E-state index in [-0.39, 0.29) is 17.7 Å². The molecule has 1 N–H and O–H groups in total. The van der Waals surface area contributed by atoms with E-state index in [2.05, 4.69) is 11.4 Å². The molecular weight excluding hydrogens is 273 g/mol. The van der Waals surface area contributed by atoms with Crippen LogP contribution >= 0.6 is 11.8 Å². The molecule has 0 aromatic heterocycles. The number of carbonyl (C=O) groups is 1. The van der Waals surface area contributed by atoms with Crippen molar-refractivity contribution in [3.63, 3.8) is 0 Å².